The van der Waals surface area contributed by atoms with Crippen LogP contribution in [0, 0.1) is 5.41 Å². The largest absolute Gasteiger partial charge is 0.394 e. The molecule has 1 aliphatic heterocycles. The number of rotatable bonds is 5. The number of hydrogen-bond donors (Lipinski definition) is 3. The van der Waals surface area contributed by atoms with Crippen molar-refractivity contribution in [2.24, 2.45) is 5.73 Å². The van der Waals surface area contributed by atoms with Crippen LogP contribution in [-0.2, 0) is 4.74 Å². The van der Waals surface area contributed by atoms with Gasteiger partial charge in [0.2, 0.25) is 0 Å². The van der Waals surface area contributed by atoms with Gasteiger partial charge >= 0.3 is 0 Å². The van der Waals surface area contributed by atoms with Gasteiger partial charge in [0.25, 0.3) is 0 Å². The summed E-state index contributed by atoms with van der Waals surface area (Å²) < 4.78 is 5.33. The van der Waals surface area contributed by atoms with Crippen molar-refractivity contribution >= 4 is 5.84 Å². The lowest BCUT2D eigenvalue weighted by Gasteiger charge is -2.31. The number of nitrogens with zero attached hydrogens (tertiary/aromatic N) is 1. The number of morpholine rings is 1. The molecule has 0 aromatic carbocycles. The van der Waals surface area contributed by atoms with Crippen LogP contribution in [0.4, 0.5) is 0 Å². The highest BCUT2D eigenvalue weighted by molar-refractivity contribution is 5.76. The Morgan fingerprint density at radius 2 is 2.43 bits per heavy atom. The van der Waals surface area contributed by atoms with Crippen molar-refractivity contribution in [3.8, 4) is 0 Å². The molecule has 4 N–H and O–H groups in total. The fourth-order valence-corrected chi connectivity index (χ4v) is 1.59. The second-order valence-corrected chi connectivity index (χ2v) is 3.60. The normalized spacial score (nSPS) is 23.6. The van der Waals surface area contributed by atoms with E-state index in [2.05, 4.69) is 4.90 Å². The third-order valence-electron chi connectivity index (χ3n) is 2.35. The molecule has 5 heteroatoms. The number of nitrogens with one attached hydrogen (secondary N) is 1. The van der Waals surface area contributed by atoms with Crippen molar-refractivity contribution in [2.45, 2.75) is 18.9 Å². The molecular formula is C9H19N3O2. The van der Waals surface area contributed by atoms with Gasteiger partial charge in [-0.15, -0.1) is 0 Å². The van der Waals surface area contributed by atoms with Crippen molar-refractivity contribution in [3.05, 3.63) is 0 Å². The van der Waals surface area contributed by atoms with Crippen LogP contribution in [0.25, 0.3) is 0 Å². The summed E-state index contributed by atoms with van der Waals surface area (Å²) in [4.78, 5) is 2.24. The van der Waals surface area contributed by atoms with E-state index in [9.17, 15) is 0 Å². The van der Waals surface area contributed by atoms with Crippen LogP contribution in [0.15, 0.2) is 0 Å². The fraction of sp³-hybridized carbons (Fsp3) is 0.889. The van der Waals surface area contributed by atoms with Gasteiger partial charge in [0, 0.05) is 19.5 Å². The highest BCUT2D eigenvalue weighted by atomic mass is 16.5. The molecule has 0 radical (unpaired) electrons. The predicted molar refractivity (Wildman–Crippen MR) is 54.4 cm³/mol. The molecule has 1 unspecified atom stereocenters. The zero-order valence-electron chi connectivity index (χ0n) is 8.41. The number of hydrogen-bond acceptors (Lipinski definition) is 4. The monoisotopic (exact) mass is 201 g/mol. The maximum Gasteiger partial charge on any atom is 0.0932 e. The molecule has 0 aliphatic carbocycles. The third-order valence-corrected chi connectivity index (χ3v) is 2.35. The maximum absolute atomic E-state index is 8.92. The standard InChI is InChI=1S/C9H19N3O2/c10-9(11)2-1-3-12-4-5-14-8(6-12)7-13/h8,13H,1-7H2,(H3,10,11). The van der Waals surface area contributed by atoms with Crippen molar-refractivity contribution in [1.29, 1.82) is 5.41 Å². The van der Waals surface area contributed by atoms with Crippen molar-refractivity contribution in [2.75, 3.05) is 32.8 Å². The summed E-state index contributed by atoms with van der Waals surface area (Å²) in [6.07, 6.45) is 1.52. The quantitative estimate of drug-likeness (QED) is 0.409. The summed E-state index contributed by atoms with van der Waals surface area (Å²) in [6, 6.07) is 0. The van der Waals surface area contributed by atoms with E-state index in [1.807, 2.05) is 0 Å². The van der Waals surface area contributed by atoms with Crippen LogP contribution in [0.5, 0.6) is 0 Å². The SMILES string of the molecule is N=C(N)CCCN1CCOC(CO)C1. The Kier molecular flexibility index (Phi) is 4.86. The second-order valence-electron chi connectivity index (χ2n) is 3.60. The molecule has 0 aromatic rings. The summed E-state index contributed by atoms with van der Waals surface area (Å²) in [5.74, 6) is 0.247. The van der Waals surface area contributed by atoms with Gasteiger partial charge in [-0.25, -0.2) is 0 Å². The Balaban J connectivity index is 2.14. The zero-order valence-corrected chi connectivity index (χ0v) is 8.41. The molecule has 1 fully saturated rings. The van der Waals surface area contributed by atoms with E-state index in [1.54, 1.807) is 0 Å². The lowest BCUT2D eigenvalue weighted by atomic mass is 10.2. The molecular weight excluding hydrogens is 182 g/mol. The summed E-state index contributed by atoms with van der Waals surface area (Å²) in [7, 11) is 0. The van der Waals surface area contributed by atoms with E-state index < -0.39 is 0 Å². The maximum atomic E-state index is 8.92. The van der Waals surface area contributed by atoms with Crippen molar-refractivity contribution < 1.29 is 9.84 Å². The summed E-state index contributed by atoms with van der Waals surface area (Å²) >= 11 is 0. The van der Waals surface area contributed by atoms with Gasteiger partial charge in [0.1, 0.15) is 0 Å². The first-order valence-corrected chi connectivity index (χ1v) is 5.00. The van der Waals surface area contributed by atoms with Gasteiger partial charge in [-0.2, -0.15) is 0 Å². The first-order valence-electron chi connectivity index (χ1n) is 5.00. The highest BCUT2D eigenvalue weighted by Gasteiger charge is 2.18. The van der Waals surface area contributed by atoms with E-state index >= 15 is 0 Å². The van der Waals surface area contributed by atoms with Crippen LogP contribution < -0.4 is 5.73 Å². The predicted octanol–water partition coefficient (Wildman–Crippen LogP) is -0.604. The molecule has 0 amide bonds. The number of amidine groups is 1. The van der Waals surface area contributed by atoms with E-state index in [4.69, 9.17) is 21.0 Å². The molecule has 0 spiro atoms. The minimum atomic E-state index is -0.0407. The minimum absolute atomic E-state index is 0.0407. The van der Waals surface area contributed by atoms with E-state index in [1.165, 1.54) is 0 Å². The molecule has 1 atom stereocenters. The average molecular weight is 201 g/mol. The molecule has 14 heavy (non-hydrogen) atoms. The van der Waals surface area contributed by atoms with Crippen molar-refractivity contribution in [3.63, 3.8) is 0 Å². The molecule has 1 rings (SSSR count). The Bertz CT molecular complexity index is 187. The van der Waals surface area contributed by atoms with Gasteiger partial charge in [-0.05, 0) is 13.0 Å². The number of ether oxygens (including phenoxy) is 1. The van der Waals surface area contributed by atoms with Crippen LogP contribution in [0.2, 0.25) is 0 Å². The summed E-state index contributed by atoms with van der Waals surface area (Å²) in [5, 5.41) is 16.0. The van der Waals surface area contributed by atoms with E-state index in [-0.39, 0.29) is 18.5 Å². The number of aliphatic hydroxyl groups is 1. The lowest BCUT2D eigenvalue weighted by Crippen LogP contribution is -2.44. The third kappa shape index (κ3) is 4.04. The lowest BCUT2D eigenvalue weighted by molar-refractivity contribution is -0.0527. The number of nitrogens with two attached hydrogens (primary N) is 1. The summed E-state index contributed by atoms with van der Waals surface area (Å²) in [5.41, 5.74) is 5.26. The van der Waals surface area contributed by atoms with E-state index in [0.717, 1.165) is 26.1 Å². The van der Waals surface area contributed by atoms with Gasteiger partial charge in [0.15, 0.2) is 0 Å². The second kappa shape index (κ2) is 5.95. The smallest absolute Gasteiger partial charge is 0.0932 e. The summed E-state index contributed by atoms with van der Waals surface area (Å²) in [6.45, 7) is 3.40. The molecule has 1 saturated heterocycles. The molecule has 5 nitrogen and oxygen atoms in total. The van der Waals surface area contributed by atoms with Crippen molar-refractivity contribution in [1.82, 2.24) is 4.90 Å². The first kappa shape index (κ1) is 11.4. The van der Waals surface area contributed by atoms with Crippen LogP contribution in [-0.4, -0.2) is 54.8 Å². The first-order chi connectivity index (χ1) is 6.72. The Morgan fingerprint density at radius 1 is 1.64 bits per heavy atom. The number of aliphatic hydroxyl groups excluding tert-OH is 1. The Hall–Kier alpha value is -0.650. The van der Waals surface area contributed by atoms with E-state index in [0.29, 0.717) is 13.0 Å². The molecule has 1 heterocycles. The van der Waals surface area contributed by atoms with Gasteiger partial charge in [0.05, 0.1) is 25.2 Å². The topological polar surface area (TPSA) is 82.6 Å². The van der Waals surface area contributed by atoms with Crippen LogP contribution in [0.1, 0.15) is 12.8 Å². The average Bonchev–Trinajstić information content (AvgIpc) is 2.18. The van der Waals surface area contributed by atoms with Gasteiger partial charge < -0.3 is 15.6 Å². The molecule has 1 aliphatic rings. The molecule has 82 valence electrons. The molecule has 0 aromatic heterocycles. The van der Waals surface area contributed by atoms with Crippen LogP contribution >= 0.6 is 0 Å². The molecule has 0 bridgehead atoms. The van der Waals surface area contributed by atoms with Crippen LogP contribution in [0.3, 0.4) is 0 Å². The fourth-order valence-electron chi connectivity index (χ4n) is 1.59. The van der Waals surface area contributed by atoms with Gasteiger partial charge in [-0.1, -0.05) is 0 Å². The Morgan fingerprint density at radius 3 is 3.07 bits per heavy atom. The zero-order chi connectivity index (χ0) is 10.4. The van der Waals surface area contributed by atoms with Gasteiger partial charge in [-0.3, -0.25) is 10.3 Å². The minimum Gasteiger partial charge on any atom is -0.394 e. The Labute approximate surface area is 84.3 Å². The highest BCUT2D eigenvalue weighted by Crippen LogP contribution is 2.05. The molecule has 0 saturated carbocycles.